The van der Waals surface area contributed by atoms with Gasteiger partial charge in [-0.2, -0.15) is 0 Å². The standard InChI is InChI=1S/C31H30N4O7S/c1-6-15-42-30(39)28-18(5)33-31(43-28)35-25(19-12-13-20(40-7-2)21(16-19)41-8-3)23(27(37)29(35)38)26(36)24-17(4)32-22-11-9-10-14-34(22)24/h6,9-14,16,25,36H,1,7-8,15H2,2-5H3. The molecule has 5 rings (SSSR count). The van der Waals surface area contributed by atoms with Gasteiger partial charge in [0.2, 0.25) is 0 Å². The first-order valence-electron chi connectivity index (χ1n) is 13.6. The highest BCUT2D eigenvalue weighted by atomic mass is 32.1. The molecule has 1 atom stereocenters. The summed E-state index contributed by atoms with van der Waals surface area (Å²) in [6, 6.07) is 9.29. The zero-order valence-corrected chi connectivity index (χ0v) is 24.9. The van der Waals surface area contributed by atoms with Crippen molar-refractivity contribution < 1.29 is 33.7 Å². The minimum absolute atomic E-state index is 0.00105. The number of pyridine rings is 1. The number of ether oxygens (including phenoxy) is 3. The molecule has 1 saturated heterocycles. The number of rotatable bonds is 10. The minimum atomic E-state index is -1.12. The number of anilines is 1. The third-order valence-corrected chi connectivity index (χ3v) is 7.90. The van der Waals surface area contributed by atoms with E-state index >= 15 is 0 Å². The molecule has 4 heterocycles. The van der Waals surface area contributed by atoms with Gasteiger partial charge < -0.3 is 19.3 Å². The van der Waals surface area contributed by atoms with Crippen molar-refractivity contribution in [3.63, 3.8) is 0 Å². The highest BCUT2D eigenvalue weighted by Crippen LogP contribution is 2.46. The number of ketones is 1. The molecule has 1 N–H and O–H groups in total. The zero-order chi connectivity index (χ0) is 30.8. The van der Waals surface area contributed by atoms with Gasteiger partial charge in [-0.1, -0.05) is 36.1 Å². The minimum Gasteiger partial charge on any atom is -0.505 e. The van der Waals surface area contributed by atoms with Crippen molar-refractivity contribution in [2.45, 2.75) is 33.7 Å². The Morgan fingerprint density at radius 3 is 2.53 bits per heavy atom. The van der Waals surface area contributed by atoms with E-state index in [1.54, 1.807) is 54.8 Å². The first kappa shape index (κ1) is 29.5. The quantitative estimate of drug-likeness (QED) is 0.0858. The lowest BCUT2D eigenvalue weighted by Crippen LogP contribution is -2.29. The predicted octanol–water partition coefficient (Wildman–Crippen LogP) is 5.17. The van der Waals surface area contributed by atoms with Crippen LogP contribution in [0.2, 0.25) is 0 Å². The SMILES string of the molecule is C=CCOC(=O)c1sc(N2C(=O)C(=O)C(=C(O)c3c(C)nc4ccccn34)C2c2ccc(OCC)c(OCC)c2)nc1C. The monoisotopic (exact) mass is 602 g/mol. The molecule has 0 saturated carbocycles. The van der Waals surface area contributed by atoms with E-state index in [0.29, 0.717) is 47.3 Å². The maximum Gasteiger partial charge on any atom is 0.350 e. The van der Waals surface area contributed by atoms with Crippen molar-refractivity contribution in [1.29, 1.82) is 0 Å². The molecular weight excluding hydrogens is 572 g/mol. The van der Waals surface area contributed by atoms with Crippen LogP contribution in [0.25, 0.3) is 11.4 Å². The molecule has 1 unspecified atom stereocenters. The Labute approximate surface area is 251 Å². The lowest BCUT2D eigenvalue weighted by Gasteiger charge is -2.24. The number of carbonyl (C=O) groups excluding carboxylic acids is 3. The summed E-state index contributed by atoms with van der Waals surface area (Å²) in [7, 11) is 0. The van der Waals surface area contributed by atoms with E-state index in [1.165, 1.54) is 11.0 Å². The summed E-state index contributed by atoms with van der Waals surface area (Å²) in [5, 5.41) is 11.9. The first-order chi connectivity index (χ1) is 20.7. The van der Waals surface area contributed by atoms with Gasteiger partial charge in [0.15, 0.2) is 22.4 Å². The zero-order valence-electron chi connectivity index (χ0n) is 24.1. The van der Waals surface area contributed by atoms with Gasteiger partial charge in [-0.15, -0.1) is 0 Å². The Hall–Kier alpha value is -4.97. The molecule has 1 aliphatic rings. The number of aryl methyl sites for hydroxylation is 2. The number of aliphatic hydroxyl groups is 1. The van der Waals surface area contributed by atoms with Gasteiger partial charge in [-0.3, -0.25) is 18.9 Å². The summed E-state index contributed by atoms with van der Waals surface area (Å²) in [5.41, 5.74) is 1.93. The third kappa shape index (κ3) is 5.25. The molecule has 222 valence electrons. The molecule has 0 radical (unpaired) electrons. The molecule has 4 aromatic rings. The summed E-state index contributed by atoms with van der Waals surface area (Å²) in [5.74, 6) is -1.96. The van der Waals surface area contributed by atoms with Crippen LogP contribution in [0.5, 0.6) is 11.5 Å². The van der Waals surface area contributed by atoms with Crippen LogP contribution in [0.15, 0.2) is 60.8 Å². The number of aliphatic hydroxyl groups excluding tert-OH is 1. The number of hydrogen-bond donors (Lipinski definition) is 1. The van der Waals surface area contributed by atoms with Crippen molar-refractivity contribution >= 4 is 45.5 Å². The van der Waals surface area contributed by atoms with Gasteiger partial charge in [0, 0.05) is 6.20 Å². The average molecular weight is 603 g/mol. The molecule has 3 aromatic heterocycles. The van der Waals surface area contributed by atoms with Gasteiger partial charge in [0.25, 0.3) is 5.78 Å². The molecule has 1 aromatic carbocycles. The summed E-state index contributed by atoms with van der Waals surface area (Å²) < 4.78 is 18.4. The molecule has 0 spiro atoms. The number of fused-ring (bicyclic) bond motifs is 1. The summed E-state index contributed by atoms with van der Waals surface area (Å²) in [6.45, 7) is 11.3. The summed E-state index contributed by atoms with van der Waals surface area (Å²) in [6.07, 6.45) is 3.16. The average Bonchev–Trinajstić information content (AvgIpc) is 3.62. The number of aromatic nitrogens is 3. The van der Waals surface area contributed by atoms with E-state index in [0.717, 1.165) is 11.3 Å². The number of benzene rings is 1. The van der Waals surface area contributed by atoms with Crippen LogP contribution in [-0.2, 0) is 14.3 Å². The number of Topliss-reactive ketones (excluding diaryl/α,β-unsaturated/α-hetero) is 1. The molecule has 0 bridgehead atoms. The van der Waals surface area contributed by atoms with Gasteiger partial charge in [0.05, 0.1) is 36.2 Å². The lowest BCUT2D eigenvalue weighted by atomic mass is 9.96. The van der Waals surface area contributed by atoms with Crippen LogP contribution in [0.4, 0.5) is 5.13 Å². The van der Waals surface area contributed by atoms with E-state index < -0.39 is 29.5 Å². The molecular formula is C31H30N4O7S. The lowest BCUT2D eigenvalue weighted by molar-refractivity contribution is -0.132. The second kappa shape index (κ2) is 12.1. The number of carbonyl (C=O) groups is 3. The number of hydrogen-bond acceptors (Lipinski definition) is 10. The number of thiazole rings is 1. The molecule has 11 nitrogen and oxygen atoms in total. The van der Waals surface area contributed by atoms with Crippen LogP contribution in [-0.4, -0.2) is 57.0 Å². The molecule has 12 heteroatoms. The fourth-order valence-corrected chi connectivity index (χ4v) is 5.97. The Balaban J connectivity index is 1.74. The first-order valence-corrected chi connectivity index (χ1v) is 14.4. The fraction of sp³-hybridized carbons (Fsp3) is 0.258. The van der Waals surface area contributed by atoms with E-state index in [-0.39, 0.29) is 27.9 Å². The van der Waals surface area contributed by atoms with E-state index in [4.69, 9.17) is 14.2 Å². The third-order valence-electron chi connectivity index (χ3n) is 6.77. The van der Waals surface area contributed by atoms with Crippen molar-refractivity contribution in [3.8, 4) is 11.5 Å². The van der Waals surface area contributed by atoms with Crippen LogP contribution >= 0.6 is 11.3 Å². The Bertz CT molecular complexity index is 1790. The number of nitrogens with zero attached hydrogens (tertiary/aromatic N) is 4. The molecule has 1 fully saturated rings. The number of esters is 1. The van der Waals surface area contributed by atoms with E-state index in [2.05, 4.69) is 16.5 Å². The van der Waals surface area contributed by atoms with Crippen LogP contribution < -0.4 is 14.4 Å². The molecule has 43 heavy (non-hydrogen) atoms. The fourth-order valence-electron chi connectivity index (χ4n) is 4.98. The van der Waals surface area contributed by atoms with Gasteiger partial charge in [0.1, 0.15) is 22.8 Å². The number of imidazole rings is 1. The van der Waals surface area contributed by atoms with Gasteiger partial charge >= 0.3 is 11.9 Å². The molecule has 1 aliphatic heterocycles. The second-order valence-corrected chi connectivity index (χ2v) is 10.5. The highest BCUT2D eigenvalue weighted by Gasteiger charge is 2.49. The summed E-state index contributed by atoms with van der Waals surface area (Å²) in [4.78, 5) is 50.6. The second-order valence-electron chi connectivity index (χ2n) is 9.51. The van der Waals surface area contributed by atoms with Crippen molar-refractivity contribution in [2.75, 3.05) is 24.7 Å². The molecule has 1 amide bonds. The van der Waals surface area contributed by atoms with Crippen LogP contribution in [0.3, 0.4) is 0 Å². The van der Waals surface area contributed by atoms with Gasteiger partial charge in [-0.25, -0.2) is 14.8 Å². The topological polar surface area (TPSA) is 133 Å². The van der Waals surface area contributed by atoms with Crippen molar-refractivity contribution in [1.82, 2.24) is 14.4 Å². The molecule has 0 aliphatic carbocycles. The highest BCUT2D eigenvalue weighted by molar-refractivity contribution is 7.17. The Kier molecular flexibility index (Phi) is 8.31. The van der Waals surface area contributed by atoms with Crippen molar-refractivity contribution in [3.05, 3.63) is 88.3 Å². The van der Waals surface area contributed by atoms with Crippen molar-refractivity contribution in [2.24, 2.45) is 0 Å². The smallest absolute Gasteiger partial charge is 0.350 e. The van der Waals surface area contributed by atoms with Crippen LogP contribution in [0.1, 0.15) is 52.2 Å². The normalized spacial score (nSPS) is 16.1. The number of amides is 1. The maximum absolute atomic E-state index is 13.8. The van der Waals surface area contributed by atoms with E-state index in [9.17, 15) is 19.5 Å². The summed E-state index contributed by atoms with van der Waals surface area (Å²) >= 11 is 0.917. The van der Waals surface area contributed by atoms with E-state index in [1.807, 2.05) is 19.9 Å². The maximum atomic E-state index is 13.8. The Morgan fingerprint density at radius 1 is 1.07 bits per heavy atom. The Morgan fingerprint density at radius 2 is 1.81 bits per heavy atom. The van der Waals surface area contributed by atoms with Gasteiger partial charge in [-0.05, 0) is 57.5 Å². The largest absolute Gasteiger partial charge is 0.505 e. The predicted molar refractivity (Wildman–Crippen MR) is 161 cm³/mol. The van der Waals surface area contributed by atoms with Crippen LogP contribution in [0, 0.1) is 13.8 Å².